The Bertz CT molecular complexity index is 405. The van der Waals surface area contributed by atoms with E-state index in [1.54, 1.807) is 12.1 Å². The first-order valence-corrected chi connectivity index (χ1v) is 7.27. The molecule has 1 fully saturated rings. The zero-order chi connectivity index (χ0) is 11.5. The van der Waals surface area contributed by atoms with Gasteiger partial charge in [-0.3, -0.25) is 4.79 Å². The summed E-state index contributed by atoms with van der Waals surface area (Å²) in [6.07, 6.45) is 1.03. The van der Waals surface area contributed by atoms with Crippen molar-refractivity contribution in [3.05, 3.63) is 27.3 Å². The van der Waals surface area contributed by atoms with Gasteiger partial charge in [0.2, 0.25) is 0 Å². The second kappa shape index (κ2) is 5.27. The summed E-state index contributed by atoms with van der Waals surface area (Å²) in [6, 6.07) is 5.27. The highest BCUT2D eigenvalue weighted by atomic mass is 127. The van der Waals surface area contributed by atoms with Crippen molar-refractivity contribution in [3.8, 4) is 5.75 Å². The van der Waals surface area contributed by atoms with Gasteiger partial charge >= 0.3 is 0 Å². The van der Waals surface area contributed by atoms with Gasteiger partial charge in [-0.25, -0.2) is 0 Å². The normalized spacial score (nSPS) is 19.7. The highest BCUT2D eigenvalue weighted by Crippen LogP contribution is 2.21. The third-order valence-electron chi connectivity index (χ3n) is 2.47. The number of phenols is 1. The maximum atomic E-state index is 11.8. The topological polar surface area (TPSA) is 49.3 Å². The third-order valence-corrected chi connectivity index (χ3v) is 4.55. The van der Waals surface area contributed by atoms with Gasteiger partial charge in [0, 0.05) is 17.4 Å². The van der Waals surface area contributed by atoms with Crippen molar-refractivity contribution < 1.29 is 9.90 Å². The first kappa shape index (κ1) is 12.0. The summed E-state index contributed by atoms with van der Waals surface area (Å²) >= 11 is 3.89. The summed E-state index contributed by atoms with van der Waals surface area (Å²) in [5, 5.41) is 12.5. The summed E-state index contributed by atoms with van der Waals surface area (Å²) < 4.78 is 0.755. The van der Waals surface area contributed by atoms with Crippen molar-refractivity contribution in [3.63, 3.8) is 0 Å². The lowest BCUT2D eigenvalue weighted by molar-refractivity contribution is 0.0940. The molecular formula is C11H12INO2S. The van der Waals surface area contributed by atoms with E-state index < -0.39 is 0 Å². The van der Waals surface area contributed by atoms with Gasteiger partial charge in [-0.15, -0.1) is 0 Å². The SMILES string of the molecule is O=C(NC1CCSC1)c1ccc(I)c(O)c1. The molecule has 1 atom stereocenters. The number of hydrogen-bond acceptors (Lipinski definition) is 3. The van der Waals surface area contributed by atoms with Crippen LogP contribution >= 0.6 is 34.4 Å². The monoisotopic (exact) mass is 349 g/mol. The van der Waals surface area contributed by atoms with Crippen LogP contribution in [0.15, 0.2) is 18.2 Å². The summed E-state index contributed by atoms with van der Waals surface area (Å²) in [4.78, 5) is 11.8. The maximum absolute atomic E-state index is 11.8. The number of aromatic hydroxyl groups is 1. The number of amides is 1. The van der Waals surface area contributed by atoms with Gasteiger partial charge in [-0.05, 0) is 53.0 Å². The number of carbonyl (C=O) groups is 1. The Labute approximate surface area is 112 Å². The zero-order valence-electron chi connectivity index (χ0n) is 8.57. The smallest absolute Gasteiger partial charge is 0.251 e. The number of phenolic OH excluding ortho intramolecular Hbond substituents is 1. The van der Waals surface area contributed by atoms with Gasteiger partial charge in [-0.2, -0.15) is 11.8 Å². The summed E-state index contributed by atoms with van der Waals surface area (Å²) in [6.45, 7) is 0. The molecule has 5 heteroatoms. The standard InChI is InChI=1S/C11H12INO2S/c12-9-2-1-7(5-10(9)14)11(15)13-8-3-4-16-6-8/h1-2,5,8,14H,3-4,6H2,(H,13,15). The van der Waals surface area contributed by atoms with Gasteiger partial charge in [-0.1, -0.05) is 0 Å². The van der Waals surface area contributed by atoms with Gasteiger partial charge in [0.25, 0.3) is 5.91 Å². The third kappa shape index (κ3) is 2.82. The predicted octanol–water partition coefficient (Wildman–Crippen LogP) is 2.23. The lowest BCUT2D eigenvalue weighted by Crippen LogP contribution is -2.34. The Morgan fingerprint density at radius 2 is 2.38 bits per heavy atom. The molecule has 1 aromatic carbocycles. The minimum atomic E-state index is -0.0980. The van der Waals surface area contributed by atoms with E-state index in [1.165, 1.54) is 6.07 Å². The van der Waals surface area contributed by atoms with E-state index in [4.69, 9.17) is 0 Å². The first-order chi connectivity index (χ1) is 7.66. The second-order valence-corrected chi connectivity index (χ2v) is 6.01. The van der Waals surface area contributed by atoms with Crippen LogP contribution in [0.4, 0.5) is 0 Å². The number of hydrogen-bond donors (Lipinski definition) is 2. The number of rotatable bonds is 2. The predicted molar refractivity (Wildman–Crippen MR) is 74.0 cm³/mol. The highest BCUT2D eigenvalue weighted by molar-refractivity contribution is 14.1. The van der Waals surface area contributed by atoms with E-state index in [1.807, 2.05) is 34.4 Å². The maximum Gasteiger partial charge on any atom is 0.251 e. The summed E-state index contributed by atoms with van der Waals surface area (Å²) in [5.74, 6) is 2.17. The van der Waals surface area contributed by atoms with Crippen LogP contribution < -0.4 is 5.32 Å². The van der Waals surface area contributed by atoms with Gasteiger partial charge < -0.3 is 10.4 Å². The van der Waals surface area contributed by atoms with Gasteiger partial charge in [0.05, 0.1) is 3.57 Å². The molecule has 86 valence electrons. The molecule has 1 unspecified atom stereocenters. The fraction of sp³-hybridized carbons (Fsp3) is 0.364. The zero-order valence-corrected chi connectivity index (χ0v) is 11.5. The first-order valence-electron chi connectivity index (χ1n) is 5.04. The molecule has 1 aliphatic rings. The van der Waals surface area contributed by atoms with Crippen molar-refractivity contribution in [2.24, 2.45) is 0 Å². The van der Waals surface area contributed by atoms with E-state index in [0.29, 0.717) is 5.56 Å². The van der Waals surface area contributed by atoms with Crippen molar-refractivity contribution in [2.75, 3.05) is 11.5 Å². The molecule has 16 heavy (non-hydrogen) atoms. The minimum Gasteiger partial charge on any atom is -0.507 e. The molecule has 2 rings (SSSR count). The van der Waals surface area contributed by atoms with Crippen LogP contribution in [-0.2, 0) is 0 Å². The molecule has 0 radical (unpaired) electrons. The quantitative estimate of drug-likeness (QED) is 0.806. The fourth-order valence-electron chi connectivity index (χ4n) is 1.57. The van der Waals surface area contributed by atoms with E-state index >= 15 is 0 Å². The number of nitrogens with one attached hydrogen (secondary N) is 1. The van der Waals surface area contributed by atoms with E-state index in [-0.39, 0.29) is 17.7 Å². The lowest BCUT2D eigenvalue weighted by Gasteiger charge is -2.11. The average Bonchev–Trinajstić information content (AvgIpc) is 2.74. The second-order valence-electron chi connectivity index (χ2n) is 3.70. The Balaban J connectivity index is 2.05. The van der Waals surface area contributed by atoms with Crippen LogP contribution in [0.3, 0.4) is 0 Å². The molecule has 1 amide bonds. The Morgan fingerprint density at radius 1 is 1.56 bits per heavy atom. The molecule has 0 aromatic heterocycles. The van der Waals surface area contributed by atoms with Crippen LogP contribution in [0.25, 0.3) is 0 Å². The molecule has 0 aliphatic carbocycles. The Kier molecular flexibility index (Phi) is 3.96. The van der Waals surface area contributed by atoms with Crippen molar-refractivity contribution in [1.82, 2.24) is 5.32 Å². The van der Waals surface area contributed by atoms with Crippen LogP contribution in [0.2, 0.25) is 0 Å². The lowest BCUT2D eigenvalue weighted by atomic mass is 10.2. The van der Waals surface area contributed by atoms with Gasteiger partial charge in [0.1, 0.15) is 5.75 Å². The number of benzene rings is 1. The van der Waals surface area contributed by atoms with Crippen molar-refractivity contribution in [1.29, 1.82) is 0 Å². The van der Waals surface area contributed by atoms with E-state index in [2.05, 4.69) is 5.32 Å². The highest BCUT2D eigenvalue weighted by Gasteiger charge is 2.18. The van der Waals surface area contributed by atoms with Crippen LogP contribution in [0.5, 0.6) is 5.75 Å². The minimum absolute atomic E-state index is 0.0980. The molecule has 0 spiro atoms. The van der Waals surface area contributed by atoms with Crippen LogP contribution in [0, 0.1) is 3.57 Å². The number of halogens is 1. The molecule has 1 heterocycles. The van der Waals surface area contributed by atoms with Crippen molar-refractivity contribution in [2.45, 2.75) is 12.5 Å². The molecule has 0 saturated carbocycles. The van der Waals surface area contributed by atoms with Crippen molar-refractivity contribution >= 4 is 40.3 Å². The van der Waals surface area contributed by atoms with E-state index in [9.17, 15) is 9.90 Å². The van der Waals surface area contributed by atoms with E-state index in [0.717, 1.165) is 21.5 Å². The molecular weight excluding hydrogens is 337 g/mol. The van der Waals surface area contributed by atoms with Crippen LogP contribution in [0.1, 0.15) is 16.8 Å². The van der Waals surface area contributed by atoms with Gasteiger partial charge in [0.15, 0.2) is 0 Å². The molecule has 1 aliphatic heterocycles. The average molecular weight is 349 g/mol. The number of carbonyl (C=O) groups excluding carboxylic acids is 1. The summed E-state index contributed by atoms with van der Waals surface area (Å²) in [5.41, 5.74) is 0.523. The molecule has 3 nitrogen and oxygen atoms in total. The summed E-state index contributed by atoms with van der Waals surface area (Å²) in [7, 11) is 0. The van der Waals surface area contributed by atoms with Crippen LogP contribution in [-0.4, -0.2) is 28.6 Å². The molecule has 1 aromatic rings. The molecule has 0 bridgehead atoms. The number of thioether (sulfide) groups is 1. The Hall–Kier alpha value is -0.430. The largest absolute Gasteiger partial charge is 0.507 e. The molecule has 1 saturated heterocycles. The molecule has 2 N–H and O–H groups in total. The fourth-order valence-corrected chi connectivity index (χ4v) is 3.06. The Morgan fingerprint density at radius 3 is 3.00 bits per heavy atom.